The number of carboxylic acid groups (broad SMARTS) is 1. The van der Waals surface area contributed by atoms with Gasteiger partial charge in [-0.3, -0.25) is 4.79 Å². The highest BCUT2D eigenvalue weighted by Gasteiger charge is 2.13. The summed E-state index contributed by atoms with van der Waals surface area (Å²) in [6.07, 6.45) is -0.141. The number of halogens is 2. The van der Waals surface area contributed by atoms with Crippen molar-refractivity contribution in [1.82, 2.24) is 0 Å². The molecule has 0 unspecified atom stereocenters. The van der Waals surface area contributed by atoms with Crippen molar-refractivity contribution in [2.75, 3.05) is 17.7 Å². The first kappa shape index (κ1) is 17.9. The first-order valence-corrected chi connectivity index (χ1v) is 7.57. The number of methoxy groups -OCH3 is 1. The highest BCUT2D eigenvalue weighted by atomic mass is 35.5. The molecule has 0 atom stereocenters. The second kappa shape index (κ2) is 7.90. The quantitative estimate of drug-likeness (QED) is 0.734. The topological polar surface area (TPSA) is 87.7 Å². The molecule has 0 spiro atoms. The summed E-state index contributed by atoms with van der Waals surface area (Å²) in [4.78, 5) is 22.9. The van der Waals surface area contributed by atoms with Crippen LogP contribution in [0, 0.1) is 0 Å². The third kappa shape index (κ3) is 4.53. The van der Waals surface area contributed by atoms with Crippen LogP contribution in [-0.2, 0) is 11.2 Å². The van der Waals surface area contributed by atoms with E-state index in [1.165, 1.54) is 7.11 Å². The molecule has 126 valence electrons. The van der Waals surface area contributed by atoms with E-state index >= 15 is 0 Å². The molecule has 2 aromatic carbocycles. The van der Waals surface area contributed by atoms with E-state index < -0.39 is 12.0 Å². The van der Waals surface area contributed by atoms with Crippen LogP contribution in [-0.4, -0.2) is 24.2 Å². The molecule has 0 heterocycles. The third-order valence-corrected chi connectivity index (χ3v) is 3.70. The summed E-state index contributed by atoms with van der Waals surface area (Å²) in [5, 5.41) is 14.6. The van der Waals surface area contributed by atoms with Gasteiger partial charge in [0.1, 0.15) is 5.75 Å². The lowest BCUT2D eigenvalue weighted by Gasteiger charge is -2.13. The van der Waals surface area contributed by atoms with Gasteiger partial charge in [0.05, 0.1) is 35.0 Å². The molecule has 2 aromatic rings. The molecule has 2 rings (SSSR count). The van der Waals surface area contributed by atoms with Crippen LogP contribution >= 0.6 is 23.2 Å². The van der Waals surface area contributed by atoms with Crippen molar-refractivity contribution in [3.05, 3.63) is 52.0 Å². The standard InChI is InChI=1S/C16H14Cl2N2O4/c1-24-13-7-9(8-14(21)22)5-6-12(13)19-16(23)20-15-10(17)3-2-4-11(15)18/h2-7H,8H2,1H3,(H,21,22)(H2,19,20,23). The number of hydrogen-bond acceptors (Lipinski definition) is 3. The Kier molecular flexibility index (Phi) is 5.89. The number of aliphatic carboxylic acids is 1. The number of carbonyl (C=O) groups excluding carboxylic acids is 1. The molecule has 0 saturated heterocycles. The lowest BCUT2D eigenvalue weighted by molar-refractivity contribution is -0.136. The van der Waals surface area contributed by atoms with Crippen LogP contribution in [0.4, 0.5) is 16.2 Å². The van der Waals surface area contributed by atoms with Crippen molar-refractivity contribution in [2.45, 2.75) is 6.42 Å². The van der Waals surface area contributed by atoms with Crippen LogP contribution < -0.4 is 15.4 Å². The number of carbonyl (C=O) groups is 2. The fourth-order valence-electron chi connectivity index (χ4n) is 2.01. The van der Waals surface area contributed by atoms with E-state index in [2.05, 4.69) is 10.6 Å². The Morgan fingerprint density at radius 1 is 1.12 bits per heavy atom. The van der Waals surface area contributed by atoms with Crippen LogP contribution in [0.5, 0.6) is 5.75 Å². The van der Waals surface area contributed by atoms with Gasteiger partial charge in [-0.25, -0.2) is 4.79 Å². The molecule has 6 nitrogen and oxygen atoms in total. The van der Waals surface area contributed by atoms with E-state index in [1.807, 2.05) is 0 Å². The Bertz CT molecular complexity index is 760. The van der Waals surface area contributed by atoms with E-state index in [9.17, 15) is 9.59 Å². The molecule has 0 aliphatic heterocycles. The van der Waals surface area contributed by atoms with Crippen LogP contribution in [0.2, 0.25) is 10.0 Å². The summed E-state index contributed by atoms with van der Waals surface area (Å²) in [5.74, 6) is -0.613. The molecule has 2 amide bonds. The lowest BCUT2D eigenvalue weighted by atomic mass is 10.1. The fraction of sp³-hybridized carbons (Fsp3) is 0.125. The summed E-state index contributed by atoms with van der Waals surface area (Å²) in [7, 11) is 1.42. The first-order chi connectivity index (χ1) is 11.4. The predicted molar refractivity (Wildman–Crippen MR) is 93.4 cm³/mol. The molecule has 8 heteroatoms. The number of carboxylic acids is 1. The Morgan fingerprint density at radius 3 is 2.38 bits per heavy atom. The van der Waals surface area contributed by atoms with Crippen molar-refractivity contribution in [1.29, 1.82) is 0 Å². The van der Waals surface area contributed by atoms with Gasteiger partial charge in [0, 0.05) is 0 Å². The minimum atomic E-state index is -0.955. The molecule has 0 radical (unpaired) electrons. The average Bonchev–Trinajstić information content (AvgIpc) is 2.52. The number of hydrogen-bond donors (Lipinski definition) is 3. The van der Waals surface area contributed by atoms with Gasteiger partial charge in [0.2, 0.25) is 0 Å². The zero-order chi connectivity index (χ0) is 17.7. The minimum Gasteiger partial charge on any atom is -0.495 e. The lowest BCUT2D eigenvalue weighted by Crippen LogP contribution is -2.20. The number of anilines is 2. The zero-order valence-corrected chi connectivity index (χ0v) is 14.1. The smallest absolute Gasteiger partial charge is 0.323 e. The van der Waals surface area contributed by atoms with Crippen molar-refractivity contribution in [3.63, 3.8) is 0 Å². The van der Waals surface area contributed by atoms with E-state index in [-0.39, 0.29) is 6.42 Å². The second-order valence-electron chi connectivity index (χ2n) is 4.78. The summed E-state index contributed by atoms with van der Waals surface area (Å²) in [6, 6.07) is 9.01. The van der Waals surface area contributed by atoms with Gasteiger partial charge in [0.15, 0.2) is 0 Å². The van der Waals surface area contributed by atoms with E-state index in [0.29, 0.717) is 32.7 Å². The van der Waals surface area contributed by atoms with E-state index in [0.717, 1.165) is 0 Å². The molecule has 24 heavy (non-hydrogen) atoms. The van der Waals surface area contributed by atoms with Crippen molar-refractivity contribution in [2.24, 2.45) is 0 Å². The third-order valence-electron chi connectivity index (χ3n) is 3.07. The van der Waals surface area contributed by atoms with Gasteiger partial charge in [-0.1, -0.05) is 35.3 Å². The fourth-order valence-corrected chi connectivity index (χ4v) is 2.50. The number of ether oxygens (including phenoxy) is 1. The SMILES string of the molecule is COc1cc(CC(=O)O)ccc1NC(=O)Nc1c(Cl)cccc1Cl. The molecule has 0 bridgehead atoms. The predicted octanol–water partition coefficient (Wildman–Crippen LogP) is 4.27. The van der Waals surface area contributed by atoms with E-state index in [4.69, 9.17) is 33.0 Å². The molecule has 0 aromatic heterocycles. The van der Waals surface area contributed by atoms with E-state index in [1.54, 1.807) is 36.4 Å². The largest absolute Gasteiger partial charge is 0.495 e. The number of rotatable bonds is 5. The van der Waals surface area contributed by atoms with Crippen LogP contribution in [0.1, 0.15) is 5.56 Å². The van der Waals surface area contributed by atoms with Crippen molar-refractivity contribution in [3.8, 4) is 5.75 Å². The van der Waals surface area contributed by atoms with Crippen LogP contribution in [0.15, 0.2) is 36.4 Å². The Hall–Kier alpha value is -2.44. The normalized spacial score (nSPS) is 10.1. The first-order valence-electron chi connectivity index (χ1n) is 6.81. The molecule has 0 aliphatic carbocycles. The summed E-state index contributed by atoms with van der Waals surface area (Å²) >= 11 is 12.0. The van der Waals surface area contributed by atoms with Gasteiger partial charge >= 0.3 is 12.0 Å². The molecule has 3 N–H and O–H groups in total. The second-order valence-corrected chi connectivity index (χ2v) is 5.60. The van der Waals surface area contributed by atoms with Crippen LogP contribution in [0.3, 0.4) is 0 Å². The summed E-state index contributed by atoms with van der Waals surface area (Å²) in [5.41, 5.74) is 1.23. The maximum atomic E-state index is 12.1. The number of benzene rings is 2. The molecule has 0 aliphatic rings. The van der Waals surface area contributed by atoms with Gasteiger partial charge in [-0.2, -0.15) is 0 Å². The molecule has 0 fully saturated rings. The van der Waals surface area contributed by atoms with Crippen molar-refractivity contribution >= 4 is 46.6 Å². The maximum absolute atomic E-state index is 12.1. The molecule has 0 saturated carbocycles. The summed E-state index contributed by atoms with van der Waals surface area (Å²) < 4.78 is 5.18. The van der Waals surface area contributed by atoms with Gasteiger partial charge in [-0.05, 0) is 29.8 Å². The number of amides is 2. The summed E-state index contributed by atoms with van der Waals surface area (Å²) in [6.45, 7) is 0. The molecular weight excluding hydrogens is 355 g/mol. The highest BCUT2D eigenvalue weighted by Crippen LogP contribution is 2.31. The van der Waals surface area contributed by atoms with Gasteiger partial charge in [0.25, 0.3) is 0 Å². The van der Waals surface area contributed by atoms with Gasteiger partial charge in [-0.15, -0.1) is 0 Å². The van der Waals surface area contributed by atoms with Crippen molar-refractivity contribution < 1.29 is 19.4 Å². The number of nitrogens with one attached hydrogen (secondary N) is 2. The Morgan fingerprint density at radius 2 is 1.79 bits per heavy atom. The number of para-hydroxylation sites is 1. The minimum absolute atomic E-state index is 0.141. The van der Waals surface area contributed by atoms with Gasteiger partial charge < -0.3 is 20.5 Å². The Balaban J connectivity index is 2.15. The van der Waals surface area contributed by atoms with Crippen LogP contribution in [0.25, 0.3) is 0 Å². The zero-order valence-electron chi connectivity index (χ0n) is 12.6. The number of urea groups is 1. The average molecular weight is 369 g/mol. The highest BCUT2D eigenvalue weighted by molar-refractivity contribution is 6.39. The Labute approximate surface area is 148 Å². The molecular formula is C16H14Cl2N2O4. The maximum Gasteiger partial charge on any atom is 0.323 e. The monoisotopic (exact) mass is 368 g/mol.